The lowest BCUT2D eigenvalue weighted by Gasteiger charge is -2.12. The summed E-state index contributed by atoms with van der Waals surface area (Å²) in [7, 11) is -4.37. The van der Waals surface area contributed by atoms with Gasteiger partial charge in [-0.1, -0.05) is 18.9 Å². The molecule has 0 saturated heterocycles. The average molecular weight is 900 g/mol. The molecule has 0 radical (unpaired) electrons. The van der Waals surface area contributed by atoms with Gasteiger partial charge in [-0.25, -0.2) is 0 Å². The zero-order valence-corrected chi connectivity index (χ0v) is 38.4. The lowest BCUT2D eigenvalue weighted by molar-refractivity contribution is -0.0124. The Morgan fingerprint density at radius 1 is 0.466 bits per heavy atom. The van der Waals surface area contributed by atoms with E-state index in [1.807, 2.05) is 21.1 Å². The molecule has 0 spiro atoms. The van der Waals surface area contributed by atoms with E-state index in [1.54, 1.807) is 18.2 Å². The third kappa shape index (κ3) is 49.5. The van der Waals surface area contributed by atoms with E-state index < -0.39 is 22.8 Å². The highest BCUT2D eigenvalue weighted by Gasteiger charge is 2.12. The number of aliphatic hydroxyl groups is 1. The summed E-state index contributed by atoms with van der Waals surface area (Å²) < 4.78 is 79.5. The predicted octanol–water partition coefficient (Wildman–Crippen LogP) is 3.61. The van der Waals surface area contributed by atoms with Crippen molar-refractivity contribution in [3.63, 3.8) is 0 Å². The first-order valence-electron chi connectivity index (χ1n) is 19.6. The highest BCUT2D eigenvalue weighted by atomic mass is 31.2. The van der Waals surface area contributed by atoms with Crippen LogP contribution in [-0.4, -0.2) is 166 Å². The van der Waals surface area contributed by atoms with E-state index in [4.69, 9.17) is 47.3 Å². The Bertz CT molecular complexity index is 1210. The van der Waals surface area contributed by atoms with E-state index in [9.17, 15) is 23.7 Å². The minimum atomic E-state index is -3.58. The van der Waals surface area contributed by atoms with Crippen molar-refractivity contribution < 1.29 is 75.5 Å². The number of unbranched alkanes of at least 4 members (excludes halogenated alkanes) is 4. The van der Waals surface area contributed by atoms with Gasteiger partial charge in [-0.2, -0.15) is 0 Å². The van der Waals surface area contributed by atoms with E-state index in [0.29, 0.717) is 103 Å². The van der Waals surface area contributed by atoms with Gasteiger partial charge in [0.1, 0.15) is 12.4 Å². The Balaban J connectivity index is 0. The number of hydrogen-bond donors (Lipinski definition) is 7. The maximum atomic E-state index is 11.3. The van der Waals surface area contributed by atoms with Crippen LogP contribution in [0.2, 0.25) is 0 Å². The molecule has 0 saturated carbocycles. The molecule has 1 aromatic carbocycles. The summed E-state index contributed by atoms with van der Waals surface area (Å²) in [5.74, 6) is 0.524. The molecule has 0 bridgehead atoms. The van der Waals surface area contributed by atoms with Gasteiger partial charge in [0.2, 0.25) is 0 Å². The molecule has 7 N–H and O–H groups in total. The van der Waals surface area contributed by atoms with Gasteiger partial charge in [-0.3, -0.25) is 13.7 Å². The van der Waals surface area contributed by atoms with Crippen LogP contribution in [0, 0.1) is 0 Å². The van der Waals surface area contributed by atoms with Crippen molar-refractivity contribution in [1.82, 2.24) is 16.0 Å². The van der Waals surface area contributed by atoms with Gasteiger partial charge in [-0.05, 0) is 83.2 Å². The van der Waals surface area contributed by atoms with Crippen molar-refractivity contribution in [2.45, 2.75) is 51.7 Å². The van der Waals surface area contributed by atoms with E-state index in [-0.39, 0.29) is 13.2 Å². The Kier molecular flexibility index (Phi) is 41.0. The molecule has 0 aliphatic carbocycles. The van der Waals surface area contributed by atoms with Crippen LogP contribution >= 0.6 is 22.8 Å². The number of aliphatic hydroxyl groups excluding tert-OH is 1. The molecular weight excluding hydrogens is 823 g/mol. The third-order valence-corrected chi connectivity index (χ3v) is 8.90. The molecule has 3 unspecified atom stereocenters. The second-order valence-corrected chi connectivity index (χ2v) is 18.4. The quantitative estimate of drug-likeness (QED) is 0.0372. The highest BCUT2D eigenvalue weighted by molar-refractivity contribution is 7.52. The van der Waals surface area contributed by atoms with Crippen LogP contribution in [0.1, 0.15) is 49.7 Å². The van der Waals surface area contributed by atoms with Gasteiger partial charge < -0.3 is 77.7 Å². The molecular formula is C36H76N3O16P3. The van der Waals surface area contributed by atoms with Gasteiger partial charge in [0.15, 0.2) is 0 Å². The van der Waals surface area contributed by atoms with Crippen LogP contribution in [0.25, 0.3) is 0 Å². The first kappa shape index (κ1) is 59.2. The first-order chi connectivity index (χ1) is 27.6. The molecule has 1 rings (SSSR count). The largest absolute Gasteiger partial charge is 0.491 e. The van der Waals surface area contributed by atoms with Crippen molar-refractivity contribution in [3.05, 3.63) is 29.3 Å². The van der Waals surface area contributed by atoms with Crippen molar-refractivity contribution in [3.8, 4) is 5.75 Å². The lowest BCUT2D eigenvalue weighted by Crippen LogP contribution is -2.17. The average Bonchev–Trinajstić information content (AvgIpc) is 3.15. The van der Waals surface area contributed by atoms with Crippen LogP contribution in [0.3, 0.4) is 0 Å². The summed E-state index contributed by atoms with van der Waals surface area (Å²) >= 11 is 0. The zero-order chi connectivity index (χ0) is 43.8. The molecule has 0 aromatic heterocycles. The second-order valence-electron chi connectivity index (χ2n) is 12.8. The normalized spacial score (nSPS) is 14.3. The van der Waals surface area contributed by atoms with Crippen molar-refractivity contribution in [2.24, 2.45) is 0 Å². The van der Waals surface area contributed by atoms with Crippen molar-refractivity contribution in [2.75, 3.05) is 147 Å². The van der Waals surface area contributed by atoms with E-state index in [1.165, 1.54) is 13.3 Å². The van der Waals surface area contributed by atoms with E-state index in [0.717, 1.165) is 64.8 Å². The van der Waals surface area contributed by atoms with Crippen molar-refractivity contribution >= 4 is 22.8 Å². The number of likely N-dealkylation sites (N-methyl/N-ethyl adjacent to an activating group) is 1. The Labute approximate surface area is 347 Å². The summed E-state index contributed by atoms with van der Waals surface area (Å²) in [6.07, 6.45) is 6.00. The minimum Gasteiger partial charge on any atom is -0.491 e. The Morgan fingerprint density at radius 3 is 1.28 bits per heavy atom. The summed E-state index contributed by atoms with van der Waals surface area (Å²) in [4.78, 5) is 26.7. The maximum Gasteiger partial charge on any atom is 0.325 e. The molecule has 0 fully saturated rings. The van der Waals surface area contributed by atoms with Crippen LogP contribution in [-0.2, 0) is 64.2 Å². The number of hydrogen-bond acceptors (Lipinski definition) is 16. The molecule has 346 valence electrons. The van der Waals surface area contributed by atoms with Crippen LogP contribution in [0.4, 0.5) is 0 Å². The van der Waals surface area contributed by atoms with Crippen LogP contribution in [0.15, 0.2) is 18.2 Å². The fourth-order valence-electron chi connectivity index (χ4n) is 4.18. The molecule has 1 aromatic rings. The molecule has 0 aliphatic heterocycles. The molecule has 0 aliphatic rings. The smallest absolute Gasteiger partial charge is 0.325 e. The van der Waals surface area contributed by atoms with E-state index >= 15 is 0 Å². The number of benzene rings is 1. The first-order valence-corrected chi connectivity index (χ1v) is 25.7. The minimum absolute atomic E-state index is 0.0504. The fourth-order valence-corrected chi connectivity index (χ4v) is 5.51. The summed E-state index contributed by atoms with van der Waals surface area (Å²) in [5, 5.41) is 18.4. The van der Waals surface area contributed by atoms with Gasteiger partial charge in [0, 0.05) is 26.5 Å². The van der Waals surface area contributed by atoms with Gasteiger partial charge >= 0.3 is 22.8 Å². The Morgan fingerprint density at radius 2 is 0.845 bits per heavy atom. The molecule has 0 amide bonds. The van der Waals surface area contributed by atoms with Gasteiger partial charge in [0.25, 0.3) is 0 Å². The summed E-state index contributed by atoms with van der Waals surface area (Å²) in [5.41, 5.74) is 1.26. The monoisotopic (exact) mass is 899 g/mol. The second kappa shape index (κ2) is 40.2. The standard InChI is InChI=1S/C22H40NO10P.C8H20NO3P.C6H16NO3P/c1-23-3-4-27-5-6-28-7-8-29-9-10-30-11-12-31-13-14-32-22-16-20(18-24)15-21(17-22)19-33-34(2,25)26;1-9-7-5-3-4-6-8-12-13(2,10)11;1-7-5-3-4-6-10-11(2,8)9/h15-17,23-24H,3-14,18-19H2,1-2H3,(H,25,26);9H,3-8H2,1-2H3,(H,10,11);7H,3-6H2,1-2H3,(H,8,9). The molecule has 22 heteroatoms. The third-order valence-electron chi connectivity index (χ3n) is 6.96. The molecule has 19 nitrogen and oxygen atoms in total. The van der Waals surface area contributed by atoms with Gasteiger partial charge in [-0.15, -0.1) is 0 Å². The van der Waals surface area contributed by atoms with Crippen molar-refractivity contribution in [1.29, 1.82) is 0 Å². The topological polar surface area (TPSA) is 251 Å². The fraction of sp³-hybridized carbons (Fsp3) is 0.833. The zero-order valence-electron chi connectivity index (χ0n) is 35.7. The van der Waals surface area contributed by atoms with Crippen LogP contribution in [0.5, 0.6) is 5.75 Å². The Hall–Kier alpha value is -0.890. The summed E-state index contributed by atoms with van der Waals surface area (Å²) in [6, 6.07) is 5.08. The predicted molar refractivity (Wildman–Crippen MR) is 225 cm³/mol. The summed E-state index contributed by atoms with van der Waals surface area (Å²) in [6.45, 7) is 12.2. The number of rotatable bonds is 37. The SMILES string of the molecule is CNCCCCCCOP(C)(=O)O.CNCCCCOP(C)(=O)O.CNCCOCCOCCOCCOCCOCCOc1cc(CO)cc(COP(C)(=O)O)c1. The highest BCUT2D eigenvalue weighted by Crippen LogP contribution is 2.38. The van der Waals surface area contributed by atoms with Gasteiger partial charge in [0.05, 0.1) is 92.5 Å². The van der Waals surface area contributed by atoms with E-state index in [2.05, 4.69) is 20.5 Å². The lowest BCUT2D eigenvalue weighted by atomic mass is 10.1. The number of nitrogens with one attached hydrogen (secondary N) is 3. The molecule has 58 heavy (non-hydrogen) atoms. The molecule has 0 heterocycles. The number of ether oxygens (including phenoxy) is 6. The molecule has 3 atom stereocenters. The maximum absolute atomic E-state index is 11.3. The van der Waals surface area contributed by atoms with Crippen LogP contribution < -0.4 is 20.7 Å².